The second-order valence-electron chi connectivity index (χ2n) is 6.91. The fraction of sp³-hybridized carbons (Fsp3) is 0.667. The van der Waals surface area contributed by atoms with Gasteiger partial charge in [-0.2, -0.15) is 17.0 Å². The molecule has 1 heterocycles. The number of hydrogen-bond donors (Lipinski definition) is 0. The van der Waals surface area contributed by atoms with E-state index >= 15 is 0 Å². The van der Waals surface area contributed by atoms with Crippen molar-refractivity contribution in [3.05, 3.63) is 35.9 Å². The normalized spacial score (nSPS) is 24.3. The van der Waals surface area contributed by atoms with Crippen molar-refractivity contribution in [3.8, 4) is 0 Å². The molecule has 1 aromatic rings. The van der Waals surface area contributed by atoms with Gasteiger partial charge in [-0.25, -0.2) is 0 Å². The summed E-state index contributed by atoms with van der Waals surface area (Å²) in [6.45, 7) is 0.664. The van der Waals surface area contributed by atoms with Crippen LogP contribution in [-0.4, -0.2) is 42.7 Å². The van der Waals surface area contributed by atoms with Crippen molar-refractivity contribution in [2.24, 2.45) is 0 Å². The van der Waals surface area contributed by atoms with Crippen LogP contribution in [-0.2, 0) is 16.6 Å². The first kappa shape index (κ1) is 16.9. The molecule has 1 saturated heterocycles. The zero-order valence-electron chi connectivity index (χ0n) is 14.0. The number of rotatable bonds is 5. The Morgan fingerprint density at radius 3 is 2.43 bits per heavy atom. The number of hydrogen-bond acceptors (Lipinski definition) is 2. The van der Waals surface area contributed by atoms with Crippen molar-refractivity contribution in [2.75, 3.05) is 13.6 Å². The quantitative estimate of drug-likeness (QED) is 0.828. The Morgan fingerprint density at radius 1 is 1.04 bits per heavy atom. The van der Waals surface area contributed by atoms with Gasteiger partial charge in [0, 0.05) is 25.7 Å². The van der Waals surface area contributed by atoms with Gasteiger partial charge in [0.1, 0.15) is 0 Å². The first-order valence-electron chi connectivity index (χ1n) is 8.88. The van der Waals surface area contributed by atoms with Gasteiger partial charge in [-0.15, -0.1) is 0 Å². The molecule has 2 aliphatic rings. The second kappa shape index (κ2) is 7.32. The van der Waals surface area contributed by atoms with E-state index in [4.69, 9.17) is 0 Å². The summed E-state index contributed by atoms with van der Waals surface area (Å²) < 4.78 is 29.6. The van der Waals surface area contributed by atoms with Crippen LogP contribution in [0.5, 0.6) is 0 Å². The molecule has 0 spiro atoms. The van der Waals surface area contributed by atoms with Crippen molar-refractivity contribution < 1.29 is 8.42 Å². The maximum Gasteiger partial charge on any atom is 0.282 e. The first-order chi connectivity index (χ1) is 11.1. The van der Waals surface area contributed by atoms with E-state index in [0.29, 0.717) is 6.54 Å². The van der Waals surface area contributed by atoms with Crippen LogP contribution in [0.3, 0.4) is 0 Å². The van der Waals surface area contributed by atoms with Crippen molar-refractivity contribution in [1.82, 2.24) is 8.61 Å². The standard InChI is InChI=1S/C18H28N2O2S/c1-19(17-11-6-3-7-12-17)23(21,22)20-14-8-13-18(20)15-16-9-4-2-5-10-16/h2,4-5,9-10,17-18H,3,6-8,11-15H2,1H3. The van der Waals surface area contributed by atoms with Crippen LogP contribution in [0.1, 0.15) is 50.5 Å². The van der Waals surface area contributed by atoms with Crippen molar-refractivity contribution in [3.63, 3.8) is 0 Å². The summed E-state index contributed by atoms with van der Waals surface area (Å²) in [6.07, 6.45) is 8.31. The van der Waals surface area contributed by atoms with E-state index in [1.165, 1.54) is 12.0 Å². The van der Waals surface area contributed by atoms with Gasteiger partial charge in [0.2, 0.25) is 0 Å². The van der Waals surface area contributed by atoms with E-state index in [9.17, 15) is 8.42 Å². The van der Waals surface area contributed by atoms with Gasteiger partial charge in [0.25, 0.3) is 10.2 Å². The zero-order valence-corrected chi connectivity index (χ0v) is 14.8. The van der Waals surface area contributed by atoms with Crippen LogP contribution < -0.4 is 0 Å². The van der Waals surface area contributed by atoms with E-state index < -0.39 is 10.2 Å². The van der Waals surface area contributed by atoms with E-state index in [1.54, 1.807) is 15.7 Å². The van der Waals surface area contributed by atoms with Crippen LogP contribution in [0.25, 0.3) is 0 Å². The van der Waals surface area contributed by atoms with Crippen molar-refractivity contribution >= 4 is 10.2 Å². The summed E-state index contributed by atoms with van der Waals surface area (Å²) in [5, 5.41) is 0. The predicted molar refractivity (Wildman–Crippen MR) is 93.4 cm³/mol. The fourth-order valence-corrected chi connectivity index (χ4v) is 5.84. The van der Waals surface area contributed by atoms with Gasteiger partial charge in [0.05, 0.1) is 0 Å². The molecule has 3 rings (SSSR count). The topological polar surface area (TPSA) is 40.6 Å². The minimum absolute atomic E-state index is 0.105. The van der Waals surface area contributed by atoms with Gasteiger partial charge < -0.3 is 0 Å². The average Bonchev–Trinajstić information content (AvgIpc) is 3.05. The smallest absolute Gasteiger partial charge is 0.195 e. The van der Waals surface area contributed by atoms with Crippen LogP contribution in [0.15, 0.2) is 30.3 Å². The van der Waals surface area contributed by atoms with Gasteiger partial charge in [0.15, 0.2) is 0 Å². The highest BCUT2D eigenvalue weighted by atomic mass is 32.2. The van der Waals surface area contributed by atoms with E-state index in [1.807, 2.05) is 18.2 Å². The van der Waals surface area contributed by atoms with Crippen molar-refractivity contribution in [2.45, 2.75) is 63.5 Å². The highest BCUT2D eigenvalue weighted by Crippen LogP contribution is 2.29. The van der Waals surface area contributed by atoms with Crippen LogP contribution in [0, 0.1) is 0 Å². The van der Waals surface area contributed by atoms with E-state index in [-0.39, 0.29) is 12.1 Å². The molecular weight excluding hydrogens is 308 g/mol. The zero-order chi connectivity index (χ0) is 16.3. The molecule has 23 heavy (non-hydrogen) atoms. The minimum Gasteiger partial charge on any atom is -0.195 e. The maximum absolute atomic E-state index is 13.1. The Balaban J connectivity index is 1.72. The third-order valence-electron chi connectivity index (χ3n) is 5.39. The third kappa shape index (κ3) is 3.78. The molecule has 5 heteroatoms. The van der Waals surface area contributed by atoms with Gasteiger partial charge >= 0.3 is 0 Å². The maximum atomic E-state index is 13.1. The lowest BCUT2D eigenvalue weighted by atomic mass is 9.96. The summed E-state index contributed by atoms with van der Waals surface area (Å²) in [7, 11) is -1.56. The molecule has 0 aromatic heterocycles. The summed E-state index contributed by atoms with van der Waals surface area (Å²) in [6, 6.07) is 10.5. The molecule has 0 bridgehead atoms. The molecule has 0 amide bonds. The number of nitrogens with zero attached hydrogens (tertiary/aromatic N) is 2. The van der Waals surface area contributed by atoms with Crippen molar-refractivity contribution in [1.29, 1.82) is 0 Å². The highest BCUT2D eigenvalue weighted by Gasteiger charge is 2.39. The van der Waals surface area contributed by atoms with Crippen LogP contribution in [0.2, 0.25) is 0 Å². The summed E-state index contributed by atoms with van der Waals surface area (Å²) in [4.78, 5) is 0. The molecule has 2 fully saturated rings. The molecular formula is C18H28N2O2S. The molecule has 1 aliphatic carbocycles. The van der Waals surface area contributed by atoms with Crippen LogP contribution in [0.4, 0.5) is 0 Å². The Morgan fingerprint density at radius 2 is 1.74 bits per heavy atom. The molecule has 0 N–H and O–H groups in total. The van der Waals surface area contributed by atoms with Crippen LogP contribution >= 0.6 is 0 Å². The summed E-state index contributed by atoms with van der Waals surface area (Å²) in [5.74, 6) is 0. The molecule has 1 unspecified atom stereocenters. The monoisotopic (exact) mass is 336 g/mol. The van der Waals surface area contributed by atoms with Gasteiger partial charge in [-0.1, -0.05) is 49.6 Å². The molecule has 1 atom stereocenters. The van der Waals surface area contributed by atoms with Gasteiger partial charge in [-0.05, 0) is 37.7 Å². The van der Waals surface area contributed by atoms with Gasteiger partial charge in [-0.3, -0.25) is 0 Å². The Hall–Kier alpha value is -0.910. The molecule has 1 saturated carbocycles. The molecule has 4 nitrogen and oxygen atoms in total. The third-order valence-corrected chi connectivity index (χ3v) is 7.49. The lowest BCUT2D eigenvalue weighted by Crippen LogP contribution is -2.49. The Bertz CT molecular complexity index is 597. The molecule has 128 valence electrons. The first-order valence-corrected chi connectivity index (χ1v) is 10.3. The molecule has 0 radical (unpaired) electrons. The summed E-state index contributed by atoms with van der Waals surface area (Å²) in [5.41, 5.74) is 1.22. The largest absolute Gasteiger partial charge is 0.282 e. The second-order valence-corrected chi connectivity index (χ2v) is 8.85. The fourth-order valence-electron chi connectivity index (χ4n) is 4.00. The van der Waals surface area contributed by atoms with E-state index in [0.717, 1.165) is 44.9 Å². The average molecular weight is 337 g/mol. The predicted octanol–water partition coefficient (Wildman–Crippen LogP) is 3.20. The number of benzene rings is 1. The SMILES string of the molecule is CN(C1CCCCC1)S(=O)(=O)N1CCCC1Cc1ccccc1. The van der Waals surface area contributed by atoms with E-state index in [2.05, 4.69) is 12.1 Å². The molecule has 1 aromatic carbocycles. The summed E-state index contributed by atoms with van der Waals surface area (Å²) >= 11 is 0. The molecule has 1 aliphatic heterocycles. The lowest BCUT2D eigenvalue weighted by Gasteiger charge is -2.35. The Labute approximate surface area is 140 Å². The Kier molecular flexibility index (Phi) is 5.39. The highest BCUT2D eigenvalue weighted by molar-refractivity contribution is 7.86. The minimum atomic E-state index is -3.34. The lowest BCUT2D eigenvalue weighted by molar-refractivity contribution is 0.258.